The lowest BCUT2D eigenvalue weighted by Gasteiger charge is -2.28. The largest absolute Gasteiger partial charge is 0.396 e. The number of urea groups is 1. The highest BCUT2D eigenvalue weighted by atomic mass is 16.3. The molecule has 0 atom stereocenters. The molecule has 0 bridgehead atoms. The maximum Gasteiger partial charge on any atom is 0.315 e. The fourth-order valence-corrected chi connectivity index (χ4v) is 2.17. The van der Waals surface area contributed by atoms with E-state index in [2.05, 4.69) is 10.6 Å². The molecule has 1 saturated carbocycles. The molecule has 0 aliphatic heterocycles. The zero-order valence-corrected chi connectivity index (χ0v) is 10.6. The molecule has 0 unspecified atom stereocenters. The van der Waals surface area contributed by atoms with E-state index in [-0.39, 0.29) is 23.6 Å². The summed E-state index contributed by atoms with van der Waals surface area (Å²) in [7, 11) is 0. The van der Waals surface area contributed by atoms with Crippen molar-refractivity contribution in [2.75, 3.05) is 13.2 Å². The van der Waals surface area contributed by atoms with Gasteiger partial charge in [0.15, 0.2) is 0 Å². The highest BCUT2D eigenvalue weighted by molar-refractivity contribution is 5.74. The van der Waals surface area contributed by atoms with Crippen LogP contribution in [0.1, 0.15) is 46.5 Å². The first-order valence-electron chi connectivity index (χ1n) is 6.04. The Bertz CT molecular complexity index is 240. The maximum atomic E-state index is 11.6. The summed E-state index contributed by atoms with van der Waals surface area (Å²) in [5, 5.41) is 15.1. The van der Waals surface area contributed by atoms with Crippen LogP contribution in [0.3, 0.4) is 0 Å². The molecule has 0 spiro atoms. The average molecular weight is 228 g/mol. The first-order chi connectivity index (χ1) is 7.37. The zero-order chi connectivity index (χ0) is 12.2. The van der Waals surface area contributed by atoms with Crippen LogP contribution in [0.25, 0.3) is 0 Å². The number of nitrogens with one attached hydrogen (secondary N) is 2. The third-order valence-electron chi connectivity index (χ3n) is 3.11. The molecule has 1 fully saturated rings. The van der Waals surface area contributed by atoms with Gasteiger partial charge in [0.2, 0.25) is 0 Å². The monoisotopic (exact) mass is 228 g/mol. The summed E-state index contributed by atoms with van der Waals surface area (Å²) in [4.78, 5) is 11.6. The number of amides is 2. The normalized spacial score (nSPS) is 19.5. The number of carbonyl (C=O) groups excluding carboxylic acids is 1. The molecule has 1 rings (SSSR count). The Kier molecular flexibility index (Phi) is 4.19. The summed E-state index contributed by atoms with van der Waals surface area (Å²) in [5.41, 5.74) is -0.290. The predicted molar refractivity (Wildman–Crippen MR) is 64.3 cm³/mol. The summed E-state index contributed by atoms with van der Waals surface area (Å²) < 4.78 is 0. The van der Waals surface area contributed by atoms with Crippen LogP contribution in [0.5, 0.6) is 0 Å². The van der Waals surface area contributed by atoms with E-state index in [1.807, 2.05) is 20.8 Å². The van der Waals surface area contributed by atoms with Crippen LogP contribution in [0.2, 0.25) is 0 Å². The van der Waals surface area contributed by atoms with Gasteiger partial charge in [-0.3, -0.25) is 0 Å². The van der Waals surface area contributed by atoms with E-state index in [1.165, 1.54) is 0 Å². The summed E-state index contributed by atoms with van der Waals surface area (Å²) in [6.45, 7) is 6.59. The smallest absolute Gasteiger partial charge is 0.315 e. The lowest BCUT2D eigenvalue weighted by atomic mass is 9.87. The molecule has 1 aliphatic rings. The first kappa shape index (κ1) is 13.3. The second-order valence-electron chi connectivity index (χ2n) is 5.92. The molecule has 0 heterocycles. The Balaban J connectivity index is 2.35. The minimum atomic E-state index is -0.216. The average Bonchev–Trinajstić information content (AvgIpc) is 2.61. The van der Waals surface area contributed by atoms with Crippen molar-refractivity contribution in [2.24, 2.45) is 5.41 Å². The molecule has 16 heavy (non-hydrogen) atoms. The summed E-state index contributed by atoms with van der Waals surface area (Å²) in [6, 6.07) is -0.146. The third kappa shape index (κ3) is 4.00. The quantitative estimate of drug-likeness (QED) is 0.687. The highest BCUT2D eigenvalue weighted by Gasteiger charge is 2.33. The molecule has 4 nitrogen and oxygen atoms in total. The van der Waals surface area contributed by atoms with E-state index >= 15 is 0 Å². The Morgan fingerprint density at radius 2 is 1.88 bits per heavy atom. The van der Waals surface area contributed by atoms with Gasteiger partial charge < -0.3 is 15.7 Å². The Morgan fingerprint density at radius 1 is 1.31 bits per heavy atom. The van der Waals surface area contributed by atoms with Crippen molar-refractivity contribution in [2.45, 2.75) is 52.0 Å². The molecule has 0 radical (unpaired) electrons. The molecule has 1 aliphatic carbocycles. The number of carbonyl (C=O) groups is 1. The van der Waals surface area contributed by atoms with Crippen molar-refractivity contribution < 1.29 is 9.90 Å². The van der Waals surface area contributed by atoms with Gasteiger partial charge >= 0.3 is 6.03 Å². The Morgan fingerprint density at radius 3 is 2.31 bits per heavy atom. The van der Waals surface area contributed by atoms with E-state index in [1.54, 1.807) is 0 Å². The molecular weight excluding hydrogens is 204 g/mol. The first-order valence-corrected chi connectivity index (χ1v) is 6.04. The lowest BCUT2D eigenvalue weighted by Crippen LogP contribution is -2.49. The fraction of sp³-hybridized carbons (Fsp3) is 0.917. The second-order valence-corrected chi connectivity index (χ2v) is 5.92. The van der Waals surface area contributed by atoms with Gasteiger partial charge in [-0.1, -0.05) is 12.8 Å². The van der Waals surface area contributed by atoms with Gasteiger partial charge in [-0.05, 0) is 33.6 Å². The molecule has 0 aromatic carbocycles. The predicted octanol–water partition coefficient (Wildman–Crippen LogP) is 1.64. The van der Waals surface area contributed by atoms with Gasteiger partial charge in [0.05, 0.1) is 6.61 Å². The SMILES string of the molecule is CC(C)(C)NC(=O)NCC1(CO)CCCC1. The van der Waals surface area contributed by atoms with Gasteiger partial charge in [-0.25, -0.2) is 4.79 Å². The van der Waals surface area contributed by atoms with Crippen LogP contribution in [0.15, 0.2) is 0 Å². The van der Waals surface area contributed by atoms with Crippen molar-refractivity contribution >= 4 is 6.03 Å². The molecular formula is C12H24N2O2. The van der Waals surface area contributed by atoms with Crippen LogP contribution in [-0.4, -0.2) is 29.8 Å². The van der Waals surface area contributed by atoms with Crippen molar-refractivity contribution in [3.05, 3.63) is 0 Å². The van der Waals surface area contributed by atoms with E-state index in [0.717, 1.165) is 25.7 Å². The van der Waals surface area contributed by atoms with E-state index in [4.69, 9.17) is 0 Å². The van der Waals surface area contributed by atoms with Gasteiger partial charge in [-0.2, -0.15) is 0 Å². The van der Waals surface area contributed by atoms with Gasteiger partial charge in [0.25, 0.3) is 0 Å². The van der Waals surface area contributed by atoms with Gasteiger partial charge in [-0.15, -0.1) is 0 Å². The Labute approximate surface area is 97.8 Å². The number of hydrogen-bond donors (Lipinski definition) is 3. The van der Waals surface area contributed by atoms with E-state index in [9.17, 15) is 9.90 Å². The van der Waals surface area contributed by atoms with Crippen LogP contribution in [0.4, 0.5) is 4.79 Å². The van der Waals surface area contributed by atoms with Crippen LogP contribution in [0, 0.1) is 5.41 Å². The van der Waals surface area contributed by atoms with Crippen molar-refractivity contribution in [3.63, 3.8) is 0 Å². The van der Waals surface area contributed by atoms with Gasteiger partial charge in [0, 0.05) is 17.5 Å². The molecule has 94 valence electrons. The van der Waals surface area contributed by atoms with E-state index < -0.39 is 0 Å². The second kappa shape index (κ2) is 5.04. The van der Waals surface area contributed by atoms with Crippen LogP contribution >= 0.6 is 0 Å². The van der Waals surface area contributed by atoms with Crippen LogP contribution < -0.4 is 10.6 Å². The lowest BCUT2D eigenvalue weighted by molar-refractivity contribution is 0.129. The molecule has 0 saturated heterocycles. The fourth-order valence-electron chi connectivity index (χ4n) is 2.17. The zero-order valence-electron chi connectivity index (χ0n) is 10.6. The number of rotatable bonds is 3. The van der Waals surface area contributed by atoms with Crippen LogP contribution in [-0.2, 0) is 0 Å². The standard InChI is InChI=1S/C12H24N2O2/c1-11(2,3)14-10(16)13-8-12(9-15)6-4-5-7-12/h15H,4-9H2,1-3H3,(H2,13,14,16). The van der Waals surface area contributed by atoms with Crippen molar-refractivity contribution in [3.8, 4) is 0 Å². The van der Waals surface area contributed by atoms with E-state index in [0.29, 0.717) is 6.54 Å². The third-order valence-corrected chi connectivity index (χ3v) is 3.11. The number of hydrogen-bond acceptors (Lipinski definition) is 2. The maximum absolute atomic E-state index is 11.6. The molecule has 2 amide bonds. The minimum Gasteiger partial charge on any atom is -0.396 e. The number of aliphatic hydroxyl groups excluding tert-OH is 1. The molecule has 4 heteroatoms. The Hall–Kier alpha value is -0.770. The summed E-state index contributed by atoms with van der Waals surface area (Å²) >= 11 is 0. The topological polar surface area (TPSA) is 61.4 Å². The molecule has 0 aromatic heterocycles. The van der Waals surface area contributed by atoms with Crippen molar-refractivity contribution in [1.29, 1.82) is 0 Å². The summed E-state index contributed by atoms with van der Waals surface area (Å²) in [5.74, 6) is 0. The minimum absolute atomic E-state index is 0.0742. The van der Waals surface area contributed by atoms with Crippen molar-refractivity contribution in [1.82, 2.24) is 10.6 Å². The highest BCUT2D eigenvalue weighted by Crippen LogP contribution is 2.36. The van der Waals surface area contributed by atoms with Gasteiger partial charge in [0.1, 0.15) is 0 Å². The molecule has 0 aromatic rings. The summed E-state index contributed by atoms with van der Waals surface area (Å²) in [6.07, 6.45) is 4.34. The molecule has 3 N–H and O–H groups in total. The number of aliphatic hydroxyl groups is 1.